The molecule has 0 aliphatic carbocycles. The number of aryl methyl sites for hydroxylation is 1. The Balaban J connectivity index is 2.02. The van der Waals surface area contributed by atoms with Gasteiger partial charge in [0.05, 0.1) is 12.6 Å². The van der Waals surface area contributed by atoms with Crippen molar-refractivity contribution in [3.63, 3.8) is 0 Å². The number of hydrogen-bond acceptors (Lipinski definition) is 4. The van der Waals surface area contributed by atoms with Crippen LogP contribution in [0.4, 0.5) is 0 Å². The minimum Gasteiger partial charge on any atom is -0.354 e. The summed E-state index contributed by atoms with van der Waals surface area (Å²) in [5.41, 5.74) is 0.637. The molecule has 0 bridgehead atoms. The van der Waals surface area contributed by atoms with Gasteiger partial charge in [-0.05, 0) is 12.0 Å². The van der Waals surface area contributed by atoms with E-state index in [1.165, 1.54) is 7.05 Å². The number of hydrogen-bond donors (Lipinski definition) is 1. The molecule has 0 aliphatic heterocycles. The molecule has 2 rings (SSSR count). The number of rotatable bonds is 8. The van der Waals surface area contributed by atoms with Crippen LogP contribution in [-0.4, -0.2) is 48.0 Å². The summed E-state index contributed by atoms with van der Waals surface area (Å²) in [6.07, 6.45) is 7.09. The Labute approximate surface area is 142 Å². The minimum atomic E-state index is -3.50. The molecule has 0 unspecified atom stereocenters. The predicted octanol–water partition coefficient (Wildman–Crippen LogP) is 1.02. The quantitative estimate of drug-likeness (QED) is 0.721. The zero-order valence-electron chi connectivity index (χ0n) is 13.8. The van der Waals surface area contributed by atoms with E-state index in [-0.39, 0.29) is 5.91 Å². The third-order valence-electron chi connectivity index (χ3n) is 3.70. The molecule has 1 heterocycles. The van der Waals surface area contributed by atoms with Gasteiger partial charge in [-0.15, -0.1) is 0 Å². The third-order valence-corrected chi connectivity index (χ3v) is 4.96. The molecule has 24 heavy (non-hydrogen) atoms. The molecule has 1 atom stereocenters. The SMILES string of the molecule is CN([C@H](C(=O)NCCCn1ccnc1)c1ccccc1)S(C)(=O)=O. The molecular weight excluding hydrogens is 328 g/mol. The second kappa shape index (κ2) is 8.07. The lowest BCUT2D eigenvalue weighted by molar-refractivity contribution is -0.124. The largest absolute Gasteiger partial charge is 0.354 e. The number of likely N-dealkylation sites (N-methyl/N-ethyl adjacent to an activating group) is 1. The van der Waals surface area contributed by atoms with Crippen molar-refractivity contribution in [2.45, 2.75) is 19.0 Å². The van der Waals surface area contributed by atoms with E-state index in [0.29, 0.717) is 12.1 Å². The summed E-state index contributed by atoms with van der Waals surface area (Å²) in [7, 11) is -2.09. The highest BCUT2D eigenvalue weighted by atomic mass is 32.2. The predicted molar refractivity (Wildman–Crippen MR) is 91.6 cm³/mol. The number of carbonyl (C=O) groups excluding carboxylic acids is 1. The van der Waals surface area contributed by atoms with Crippen molar-refractivity contribution >= 4 is 15.9 Å². The number of nitrogens with zero attached hydrogens (tertiary/aromatic N) is 3. The smallest absolute Gasteiger partial charge is 0.242 e. The molecule has 7 nitrogen and oxygen atoms in total. The van der Waals surface area contributed by atoms with E-state index < -0.39 is 16.1 Å². The Hall–Kier alpha value is -2.19. The van der Waals surface area contributed by atoms with E-state index in [1.807, 2.05) is 16.8 Å². The molecule has 0 fully saturated rings. The maximum absolute atomic E-state index is 12.6. The first-order chi connectivity index (χ1) is 11.4. The number of carbonyl (C=O) groups is 1. The highest BCUT2D eigenvalue weighted by molar-refractivity contribution is 7.88. The minimum absolute atomic E-state index is 0.334. The van der Waals surface area contributed by atoms with Crippen LogP contribution in [0.1, 0.15) is 18.0 Å². The van der Waals surface area contributed by atoms with Crippen molar-refractivity contribution in [2.75, 3.05) is 19.8 Å². The summed E-state index contributed by atoms with van der Waals surface area (Å²) < 4.78 is 26.8. The zero-order valence-corrected chi connectivity index (χ0v) is 14.6. The van der Waals surface area contributed by atoms with Gasteiger partial charge in [-0.25, -0.2) is 13.4 Å². The van der Waals surface area contributed by atoms with Gasteiger partial charge in [0.1, 0.15) is 6.04 Å². The summed E-state index contributed by atoms with van der Waals surface area (Å²) in [5, 5.41) is 2.82. The summed E-state index contributed by atoms with van der Waals surface area (Å²) >= 11 is 0. The molecule has 0 saturated heterocycles. The maximum Gasteiger partial charge on any atom is 0.242 e. The van der Waals surface area contributed by atoms with Crippen LogP contribution in [0.15, 0.2) is 49.1 Å². The molecule has 0 aliphatic rings. The van der Waals surface area contributed by atoms with Crippen molar-refractivity contribution in [3.05, 3.63) is 54.6 Å². The van der Waals surface area contributed by atoms with E-state index in [4.69, 9.17) is 0 Å². The van der Waals surface area contributed by atoms with E-state index in [1.54, 1.807) is 36.8 Å². The van der Waals surface area contributed by atoms with Gasteiger partial charge in [0.15, 0.2) is 0 Å². The van der Waals surface area contributed by atoms with Gasteiger partial charge >= 0.3 is 0 Å². The van der Waals surface area contributed by atoms with Gasteiger partial charge in [-0.1, -0.05) is 30.3 Å². The molecule has 130 valence electrons. The van der Waals surface area contributed by atoms with Crippen molar-refractivity contribution in [3.8, 4) is 0 Å². The van der Waals surface area contributed by atoms with Crippen molar-refractivity contribution in [2.24, 2.45) is 0 Å². The van der Waals surface area contributed by atoms with Crippen LogP contribution >= 0.6 is 0 Å². The molecular formula is C16H22N4O3S. The molecule has 0 saturated carbocycles. The molecule has 1 N–H and O–H groups in total. The monoisotopic (exact) mass is 350 g/mol. The number of amides is 1. The van der Waals surface area contributed by atoms with Crippen LogP contribution < -0.4 is 5.32 Å². The molecule has 1 aromatic heterocycles. The fourth-order valence-corrected chi connectivity index (χ4v) is 2.94. The Morgan fingerprint density at radius 3 is 2.62 bits per heavy atom. The van der Waals surface area contributed by atoms with E-state index in [2.05, 4.69) is 10.3 Å². The van der Waals surface area contributed by atoms with E-state index in [0.717, 1.165) is 23.5 Å². The lowest BCUT2D eigenvalue weighted by Gasteiger charge is -2.25. The second-order valence-electron chi connectivity index (χ2n) is 5.54. The van der Waals surface area contributed by atoms with Crippen LogP contribution in [0, 0.1) is 0 Å². The summed E-state index contributed by atoms with van der Waals surface area (Å²) in [4.78, 5) is 16.5. The fourth-order valence-electron chi connectivity index (χ4n) is 2.34. The lowest BCUT2D eigenvalue weighted by Crippen LogP contribution is -2.41. The van der Waals surface area contributed by atoms with Crippen LogP contribution in [0.25, 0.3) is 0 Å². The van der Waals surface area contributed by atoms with Gasteiger partial charge in [0.25, 0.3) is 0 Å². The average molecular weight is 350 g/mol. The van der Waals surface area contributed by atoms with Gasteiger partial charge in [-0.3, -0.25) is 4.79 Å². The van der Waals surface area contributed by atoms with Gasteiger partial charge in [0.2, 0.25) is 15.9 Å². The van der Waals surface area contributed by atoms with Crippen molar-refractivity contribution in [1.82, 2.24) is 19.2 Å². The summed E-state index contributed by atoms with van der Waals surface area (Å²) in [5.74, 6) is -0.334. The Kier molecular flexibility index (Phi) is 6.10. The Morgan fingerprint density at radius 1 is 1.33 bits per heavy atom. The van der Waals surface area contributed by atoms with Crippen LogP contribution in [0.3, 0.4) is 0 Å². The number of imidazole rings is 1. The second-order valence-corrected chi connectivity index (χ2v) is 7.58. The average Bonchev–Trinajstić information content (AvgIpc) is 3.05. The van der Waals surface area contributed by atoms with Crippen LogP contribution in [-0.2, 0) is 21.4 Å². The maximum atomic E-state index is 12.6. The standard InChI is InChI=1S/C16H22N4O3S/c1-19(24(2,22)23)15(14-7-4-3-5-8-14)16(21)18-9-6-11-20-12-10-17-13-20/h3-5,7-8,10,12-13,15H,6,9,11H2,1-2H3,(H,18,21)/t15-/m0/s1. The first-order valence-corrected chi connectivity index (χ1v) is 9.46. The molecule has 1 amide bonds. The Bertz CT molecular complexity index is 745. The molecule has 0 spiro atoms. The van der Waals surface area contributed by atoms with Crippen molar-refractivity contribution < 1.29 is 13.2 Å². The highest BCUT2D eigenvalue weighted by Gasteiger charge is 2.30. The first-order valence-electron chi connectivity index (χ1n) is 7.61. The first kappa shape index (κ1) is 18.2. The number of benzene rings is 1. The molecule has 8 heteroatoms. The summed E-state index contributed by atoms with van der Waals surface area (Å²) in [6.45, 7) is 1.19. The normalized spacial score (nSPS) is 13.0. The topological polar surface area (TPSA) is 84.3 Å². The van der Waals surface area contributed by atoms with Gasteiger partial charge in [-0.2, -0.15) is 4.31 Å². The molecule has 1 aromatic carbocycles. The van der Waals surface area contributed by atoms with E-state index in [9.17, 15) is 13.2 Å². The van der Waals surface area contributed by atoms with Gasteiger partial charge in [0, 0.05) is 32.5 Å². The molecule has 0 radical (unpaired) electrons. The summed E-state index contributed by atoms with van der Waals surface area (Å²) in [6, 6.07) is 8.00. The lowest BCUT2D eigenvalue weighted by atomic mass is 10.1. The van der Waals surface area contributed by atoms with Crippen molar-refractivity contribution in [1.29, 1.82) is 0 Å². The van der Waals surface area contributed by atoms with E-state index >= 15 is 0 Å². The van der Waals surface area contributed by atoms with Gasteiger partial charge < -0.3 is 9.88 Å². The number of aromatic nitrogens is 2. The number of nitrogens with one attached hydrogen (secondary N) is 1. The Morgan fingerprint density at radius 2 is 2.04 bits per heavy atom. The zero-order chi connectivity index (χ0) is 17.6. The van der Waals surface area contributed by atoms with Crippen LogP contribution in [0.5, 0.6) is 0 Å². The molecule has 2 aromatic rings. The third kappa shape index (κ3) is 4.90. The number of sulfonamides is 1. The highest BCUT2D eigenvalue weighted by Crippen LogP contribution is 2.21. The fraction of sp³-hybridized carbons (Fsp3) is 0.375. The van der Waals surface area contributed by atoms with Crippen LogP contribution in [0.2, 0.25) is 0 Å².